The third-order valence-corrected chi connectivity index (χ3v) is 5.63. The van der Waals surface area contributed by atoms with Crippen LogP contribution in [0, 0.1) is 5.82 Å². The number of hydrogen-bond donors (Lipinski definition) is 0. The van der Waals surface area contributed by atoms with Crippen LogP contribution in [0.15, 0.2) is 65.1 Å². The van der Waals surface area contributed by atoms with Crippen molar-refractivity contribution in [2.45, 2.75) is 6.54 Å². The zero-order chi connectivity index (χ0) is 19.3. The van der Waals surface area contributed by atoms with Crippen LogP contribution in [0.4, 0.5) is 4.39 Å². The van der Waals surface area contributed by atoms with Crippen molar-refractivity contribution in [3.05, 3.63) is 82.2 Å². The third-order valence-electron chi connectivity index (χ3n) is 5.10. The summed E-state index contributed by atoms with van der Waals surface area (Å²) in [6.07, 6.45) is 4.42. The van der Waals surface area contributed by atoms with E-state index in [-0.39, 0.29) is 5.82 Å². The summed E-state index contributed by atoms with van der Waals surface area (Å²) in [5.74, 6) is -0.215. The zero-order valence-corrected chi connectivity index (χ0v) is 17.3. The number of pyridine rings is 1. The summed E-state index contributed by atoms with van der Waals surface area (Å²) in [4.78, 5) is 9.59. The molecule has 1 saturated heterocycles. The highest BCUT2D eigenvalue weighted by Gasteiger charge is 2.16. The van der Waals surface area contributed by atoms with Gasteiger partial charge in [0.25, 0.3) is 0 Å². The maximum Gasteiger partial charge on any atom is 0.123 e. The highest BCUT2D eigenvalue weighted by molar-refractivity contribution is 9.10. The van der Waals surface area contributed by atoms with Crippen LogP contribution in [0.25, 0.3) is 17.0 Å². The largest absolute Gasteiger partial charge is 0.297 e. The summed E-state index contributed by atoms with van der Waals surface area (Å²) in [5, 5.41) is 0.853. The average molecular weight is 440 g/mol. The summed E-state index contributed by atoms with van der Waals surface area (Å²) in [5.41, 5.74) is 3.13. The second kappa shape index (κ2) is 8.95. The smallest absolute Gasteiger partial charge is 0.123 e. The molecule has 1 aromatic heterocycles. The summed E-state index contributed by atoms with van der Waals surface area (Å²) in [6, 6.07) is 17.1. The van der Waals surface area contributed by atoms with Crippen LogP contribution in [-0.2, 0) is 6.54 Å². The fraction of sp³-hybridized carbons (Fsp3) is 0.261. The molecule has 3 nitrogen and oxygen atoms in total. The molecular formula is C23H23BrFN3. The molecular weight excluding hydrogens is 417 g/mol. The molecule has 3 aromatic rings. The monoisotopic (exact) mass is 439 g/mol. The first-order chi connectivity index (χ1) is 13.7. The molecule has 0 N–H and O–H groups in total. The number of fused-ring (bicyclic) bond motifs is 1. The Labute approximate surface area is 173 Å². The van der Waals surface area contributed by atoms with Gasteiger partial charge in [0.1, 0.15) is 5.82 Å². The van der Waals surface area contributed by atoms with E-state index in [0.717, 1.165) is 60.3 Å². The maximum absolute atomic E-state index is 13.3. The Kier molecular flexibility index (Phi) is 6.15. The van der Waals surface area contributed by atoms with Crippen molar-refractivity contribution < 1.29 is 4.39 Å². The van der Waals surface area contributed by atoms with Crippen molar-refractivity contribution in [3.63, 3.8) is 0 Å². The Hall–Kier alpha value is -2.08. The maximum atomic E-state index is 13.3. The first-order valence-corrected chi connectivity index (χ1v) is 10.4. The molecule has 0 amide bonds. The Morgan fingerprint density at radius 2 is 1.68 bits per heavy atom. The molecule has 0 unspecified atom stereocenters. The predicted octanol–water partition coefficient (Wildman–Crippen LogP) is 4.97. The first kappa shape index (κ1) is 19.2. The van der Waals surface area contributed by atoms with E-state index in [1.54, 1.807) is 6.07 Å². The molecule has 28 heavy (non-hydrogen) atoms. The highest BCUT2D eigenvalue weighted by atomic mass is 79.9. The van der Waals surface area contributed by atoms with E-state index >= 15 is 0 Å². The summed E-state index contributed by atoms with van der Waals surface area (Å²) in [7, 11) is 0. The minimum atomic E-state index is -0.215. The van der Waals surface area contributed by atoms with Gasteiger partial charge >= 0.3 is 0 Å². The number of halogens is 2. The van der Waals surface area contributed by atoms with Gasteiger partial charge in [-0.25, -0.2) is 4.39 Å². The van der Waals surface area contributed by atoms with Crippen LogP contribution in [0.5, 0.6) is 0 Å². The van der Waals surface area contributed by atoms with Gasteiger partial charge in [0.15, 0.2) is 0 Å². The molecule has 0 saturated carbocycles. The zero-order valence-electron chi connectivity index (χ0n) is 15.7. The fourth-order valence-corrected chi connectivity index (χ4v) is 3.76. The van der Waals surface area contributed by atoms with E-state index in [4.69, 9.17) is 0 Å². The summed E-state index contributed by atoms with van der Waals surface area (Å²) >= 11 is 3.46. The number of hydrogen-bond acceptors (Lipinski definition) is 3. The molecule has 2 heterocycles. The lowest BCUT2D eigenvalue weighted by atomic mass is 10.2. The van der Waals surface area contributed by atoms with Crippen LogP contribution in [0.1, 0.15) is 11.3 Å². The summed E-state index contributed by atoms with van der Waals surface area (Å²) < 4.78 is 14.4. The highest BCUT2D eigenvalue weighted by Crippen LogP contribution is 2.16. The van der Waals surface area contributed by atoms with Gasteiger partial charge in [0, 0.05) is 49.1 Å². The molecule has 4 rings (SSSR count). The molecule has 1 aliphatic rings. The molecule has 1 fully saturated rings. The van der Waals surface area contributed by atoms with Gasteiger partial charge in [-0.3, -0.25) is 14.8 Å². The number of aromatic nitrogens is 1. The quantitative estimate of drug-likeness (QED) is 0.559. The number of nitrogens with zero attached hydrogens (tertiary/aromatic N) is 3. The number of piperazine rings is 1. The number of benzene rings is 2. The molecule has 144 valence electrons. The molecule has 0 spiro atoms. The van der Waals surface area contributed by atoms with Crippen molar-refractivity contribution in [3.8, 4) is 0 Å². The van der Waals surface area contributed by atoms with Gasteiger partial charge in [0.05, 0.1) is 11.2 Å². The third kappa shape index (κ3) is 5.04. The SMILES string of the molecule is Fc1ccc2nc(CN3CCN(C/C=C/c4ccc(Br)cc4)CC3)ccc2c1. The Bertz CT molecular complexity index is 963. The minimum Gasteiger partial charge on any atom is -0.297 e. The van der Waals surface area contributed by atoms with Gasteiger partial charge in [-0.2, -0.15) is 0 Å². The fourth-order valence-electron chi connectivity index (χ4n) is 3.50. The Morgan fingerprint density at radius 3 is 2.46 bits per heavy atom. The standard InChI is InChI=1S/C23H23BrFN3/c24-20-6-3-18(4-7-20)2-1-11-27-12-14-28(15-13-27)17-22-9-5-19-16-21(25)8-10-23(19)26-22/h1-10,16H,11-15,17H2/b2-1+. The molecule has 0 bridgehead atoms. The predicted molar refractivity (Wildman–Crippen MR) is 117 cm³/mol. The van der Waals surface area contributed by atoms with Crippen LogP contribution < -0.4 is 0 Å². The van der Waals surface area contributed by atoms with Crippen LogP contribution in [-0.4, -0.2) is 47.5 Å². The normalized spacial score (nSPS) is 16.2. The van der Waals surface area contributed by atoms with E-state index in [0.29, 0.717) is 0 Å². The van der Waals surface area contributed by atoms with E-state index in [1.807, 2.05) is 12.1 Å². The lowest BCUT2D eigenvalue weighted by Crippen LogP contribution is -2.45. The molecule has 0 aliphatic carbocycles. The minimum absolute atomic E-state index is 0.215. The average Bonchev–Trinajstić information content (AvgIpc) is 2.71. The van der Waals surface area contributed by atoms with Crippen molar-refractivity contribution in [2.24, 2.45) is 0 Å². The van der Waals surface area contributed by atoms with E-state index in [2.05, 4.69) is 67.1 Å². The van der Waals surface area contributed by atoms with E-state index < -0.39 is 0 Å². The van der Waals surface area contributed by atoms with Gasteiger partial charge < -0.3 is 0 Å². The molecule has 0 radical (unpaired) electrons. The van der Waals surface area contributed by atoms with Crippen molar-refractivity contribution in [2.75, 3.05) is 32.7 Å². The van der Waals surface area contributed by atoms with E-state index in [1.165, 1.54) is 17.7 Å². The second-order valence-corrected chi connectivity index (χ2v) is 8.09. The van der Waals surface area contributed by atoms with Gasteiger partial charge in [-0.15, -0.1) is 0 Å². The number of rotatable bonds is 5. The van der Waals surface area contributed by atoms with Crippen molar-refractivity contribution >= 4 is 32.9 Å². The van der Waals surface area contributed by atoms with Crippen LogP contribution in [0.3, 0.4) is 0 Å². The molecule has 2 aromatic carbocycles. The topological polar surface area (TPSA) is 19.4 Å². The van der Waals surface area contributed by atoms with Crippen LogP contribution >= 0.6 is 15.9 Å². The van der Waals surface area contributed by atoms with E-state index in [9.17, 15) is 4.39 Å². The molecule has 1 aliphatic heterocycles. The Morgan fingerprint density at radius 1 is 0.929 bits per heavy atom. The second-order valence-electron chi connectivity index (χ2n) is 7.17. The Balaban J connectivity index is 1.27. The van der Waals surface area contributed by atoms with Gasteiger partial charge in [-0.1, -0.05) is 46.3 Å². The van der Waals surface area contributed by atoms with Gasteiger partial charge in [0.2, 0.25) is 0 Å². The molecule has 5 heteroatoms. The summed E-state index contributed by atoms with van der Waals surface area (Å²) in [6.45, 7) is 6.01. The van der Waals surface area contributed by atoms with Crippen LogP contribution in [0.2, 0.25) is 0 Å². The van der Waals surface area contributed by atoms with Gasteiger partial charge in [-0.05, 0) is 42.0 Å². The van der Waals surface area contributed by atoms with Crippen molar-refractivity contribution in [1.82, 2.24) is 14.8 Å². The molecule has 0 atom stereocenters. The lowest BCUT2D eigenvalue weighted by molar-refractivity contribution is 0.136. The first-order valence-electron chi connectivity index (χ1n) is 9.58. The lowest BCUT2D eigenvalue weighted by Gasteiger charge is -2.33. The van der Waals surface area contributed by atoms with Crippen molar-refractivity contribution in [1.29, 1.82) is 0 Å².